The SMILES string of the molecule is CS(=O)(=O)NCc1cc(F)cc(-c2ccnc3nc(-c4n[nH]c5cnc(C6CCNCC6)cc45)[nH]c23)c1. The molecule has 0 amide bonds. The summed E-state index contributed by atoms with van der Waals surface area (Å²) >= 11 is 0. The lowest BCUT2D eigenvalue weighted by Gasteiger charge is -2.21. The number of aromatic nitrogens is 6. The van der Waals surface area contributed by atoms with E-state index in [0.29, 0.717) is 45.3 Å². The molecule has 1 aliphatic heterocycles. The van der Waals surface area contributed by atoms with E-state index in [2.05, 4.69) is 46.2 Å². The number of hydrogen-bond donors (Lipinski definition) is 4. The minimum absolute atomic E-state index is 0.0151. The van der Waals surface area contributed by atoms with Crippen LogP contribution in [0.2, 0.25) is 0 Å². The fraction of sp³-hybridized carbons (Fsp3) is 0.280. The maximum atomic E-state index is 14.5. The van der Waals surface area contributed by atoms with Gasteiger partial charge in [0.15, 0.2) is 11.5 Å². The molecule has 6 rings (SSSR count). The van der Waals surface area contributed by atoms with Gasteiger partial charge >= 0.3 is 0 Å². The van der Waals surface area contributed by atoms with E-state index in [1.54, 1.807) is 18.3 Å². The average Bonchev–Trinajstić information content (AvgIpc) is 3.51. The topological polar surface area (TPSA) is 141 Å². The number of nitrogens with zero attached hydrogens (tertiary/aromatic N) is 4. The predicted octanol–water partition coefficient (Wildman–Crippen LogP) is 3.22. The van der Waals surface area contributed by atoms with Crippen LogP contribution in [-0.2, 0) is 16.6 Å². The Bertz CT molecular complexity index is 1720. The lowest BCUT2D eigenvalue weighted by molar-refractivity contribution is 0.453. The van der Waals surface area contributed by atoms with Crippen molar-refractivity contribution in [1.82, 2.24) is 40.2 Å². The minimum atomic E-state index is -3.41. The molecule has 0 radical (unpaired) electrons. The van der Waals surface area contributed by atoms with Gasteiger partial charge in [0.1, 0.15) is 11.5 Å². The molecule has 5 aromatic rings. The molecule has 10 nitrogen and oxygen atoms in total. The van der Waals surface area contributed by atoms with Gasteiger partial charge in [0.05, 0.1) is 23.5 Å². The van der Waals surface area contributed by atoms with Crippen LogP contribution in [0, 0.1) is 5.82 Å². The highest BCUT2D eigenvalue weighted by molar-refractivity contribution is 7.88. The van der Waals surface area contributed by atoms with Crippen LogP contribution in [0.5, 0.6) is 0 Å². The Morgan fingerprint density at radius 1 is 1.14 bits per heavy atom. The number of fused-ring (bicyclic) bond motifs is 2. The molecule has 0 spiro atoms. The van der Waals surface area contributed by atoms with E-state index < -0.39 is 15.8 Å². The summed E-state index contributed by atoms with van der Waals surface area (Å²) in [6, 6.07) is 8.31. The van der Waals surface area contributed by atoms with E-state index in [1.807, 2.05) is 6.20 Å². The first kappa shape index (κ1) is 23.6. The van der Waals surface area contributed by atoms with Gasteiger partial charge in [0.2, 0.25) is 10.0 Å². The van der Waals surface area contributed by atoms with Crippen LogP contribution in [0.3, 0.4) is 0 Å². The van der Waals surface area contributed by atoms with Crippen LogP contribution in [-0.4, -0.2) is 57.9 Å². The van der Waals surface area contributed by atoms with Crippen molar-refractivity contribution < 1.29 is 12.8 Å². The Hall–Kier alpha value is -3.74. The van der Waals surface area contributed by atoms with E-state index >= 15 is 0 Å². The molecule has 4 aromatic heterocycles. The third-order valence-electron chi connectivity index (χ3n) is 6.65. The molecule has 5 heterocycles. The molecular weight excluding hydrogens is 495 g/mol. The van der Waals surface area contributed by atoms with E-state index in [9.17, 15) is 12.8 Å². The molecule has 0 atom stereocenters. The zero-order valence-corrected chi connectivity index (χ0v) is 20.9. The molecule has 1 saturated heterocycles. The quantitative estimate of drug-likeness (QED) is 0.269. The van der Waals surface area contributed by atoms with Crippen LogP contribution >= 0.6 is 0 Å². The molecule has 0 unspecified atom stereocenters. The largest absolute Gasteiger partial charge is 0.335 e. The van der Waals surface area contributed by atoms with Crippen LogP contribution in [0.25, 0.3) is 44.7 Å². The molecule has 1 aliphatic rings. The summed E-state index contributed by atoms with van der Waals surface area (Å²) in [4.78, 5) is 17.1. The second-order valence-electron chi connectivity index (χ2n) is 9.34. The van der Waals surface area contributed by atoms with Crippen LogP contribution in [0.4, 0.5) is 4.39 Å². The average molecular weight is 521 g/mol. The number of imidazole rings is 1. The van der Waals surface area contributed by atoms with Gasteiger partial charge in [-0.05, 0) is 67.4 Å². The van der Waals surface area contributed by atoms with Gasteiger partial charge in [-0.25, -0.2) is 27.5 Å². The van der Waals surface area contributed by atoms with Crippen molar-refractivity contribution in [3.63, 3.8) is 0 Å². The Morgan fingerprint density at radius 3 is 2.78 bits per heavy atom. The Morgan fingerprint density at radius 2 is 1.97 bits per heavy atom. The number of hydrogen-bond acceptors (Lipinski definition) is 7. The van der Waals surface area contributed by atoms with Crippen molar-refractivity contribution >= 4 is 32.1 Å². The van der Waals surface area contributed by atoms with E-state index in [-0.39, 0.29) is 6.54 Å². The third-order valence-corrected chi connectivity index (χ3v) is 7.32. The number of benzene rings is 1. The molecule has 1 fully saturated rings. The number of H-pyrrole nitrogens is 2. The van der Waals surface area contributed by atoms with Crippen molar-refractivity contribution in [2.24, 2.45) is 0 Å². The van der Waals surface area contributed by atoms with Gasteiger partial charge in [-0.15, -0.1) is 0 Å². The number of nitrogens with one attached hydrogen (secondary N) is 4. The predicted molar refractivity (Wildman–Crippen MR) is 139 cm³/mol. The first-order valence-electron chi connectivity index (χ1n) is 12.0. The van der Waals surface area contributed by atoms with Crippen LogP contribution < -0.4 is 10.0 Å². The number of sulfonamides is 1. The first-order valence-corrected chi connectivity index (χ1v) is 13.9. The molecule has 37 heavy (non-hydrogen) atoms. The lowest BCUT2D eigenvalue weighted by Crippen LogP contribution is -2.27. The molecule has 0 saturated carbocycles. The van der Waals surface area contributed by atoms with Crippen LogP contribution in [0.15, 0.2) is 42.7 Å². The number of rotatable bonds is 6. The molecular formula is C25H25FN8O2S. The van der Waals surface area contributed by atoms with Gasteiger partial charge in [-0.1, -0.05) is 0 Å². The highest BCUT2D eigenvalue weighted by Gasteiger charge is 2.20. The second kappa shape index (κ2) is 9.29. The summed E-state index contributed by atoms with van der Waals surface area (Å²) in [5.74, 6) is 0.472. The van der Waals surface area contributed by atoms with Crippen LogP contribution in [0.1, 0.15) is 30.0 Å². The number of halogens is 1. The fourth-order valence-corrected chi connectivity index (χ4v) is 5.27. The summed E-state index contributed by atoms with van der Waals surface area (Å²) in [6.07, 6.45) is 6.57. The maximum absolute atomic E-state index is 14.5. The fourth-order valence-electron chi connectivity index (χ4n) is 4.84. The monoisotopic (exact) mass is 520 g/mol. The van der Waals surface area contributed by atoms with Gasteiger partial charge in [0.25, 0.3) is 0 Å². The molecule has 12 heteroatoms. The van der Waals surface area contributed by atoms with Gasteiger partial charge in [-0.2, -0.15) is 5.10 Å². The summed E-state index contributed by atoms with van der Waals surface area (Å²) in [5, 5.41) is 11.8. The van der Waals surface area contributed by atoms with Crippen molar-refractivity contribution in [2.75, 3.05) is 19.3 Å². The van der Waals surface area contributed by atoms with E-state index in [1.165, 1.54) is 12.1 Å². The molecule has 4 N–H and O–H groups in total. The van der Waals surface area contributed by atoms with Crippen molar-refractivity contribution in [3.8, 4) is 22.6 Å². The molecule has 190 valence electrons. The zero-order valence-electron chi connectivity index (χ0n) is 20.0. The zero-order chi connectivity index (χ0) is 25.6. The summed E-state index contributed by atoms with van der Waals surface area (Å²) < 4.78 is 39.9. The Kier molecular flexibility index (Phi) is 5.94. The van der Waals surface area contributed by atoms with Gasteiger partial charge in [0, 0.05) is 35.3 Å². The first-order chi connectivity index (χ1) is 17.8. The lowest BCUT2D eigenvalue weighted by atomic mass is 9.93. The third kappa shape index (κ3) is 4.82. The molecule has 0 aliphatic carbocycles. The van der Waals surface area contributed by atoms with Crippen molar-refractivity contribution in [2.45, 2.75) is 25.3 Å². The number of pyridine rings is 2. The van der Waals surface area contributed by atoms with Crippen molar-refractivity contribution in [3.05, 3.63) is 59.8 Å². The van der Waals surface area contributed by atoms with E-state index in [4.69, 9.17) is 0 Å². The smallest absolute Gasteiger partial charge is 0.209 e. The number of aromatic amines is 2. The molecule has 0 bridgehead atoms. The highest BCUT2D eigenvalue weighted by atomic mass is 32.2. The highest BCUT2D eigenvalue weighted by Crippen LogP contribution is 2.33. The minimum Gasteiger partial charge on any atom is -0.335 e. The van der Waals surface area contributed by atoms with E-state index in [0.717, 1.165) is 48.8 Å². The summed E-state index contributed by atoms with van der Waals surface area (Å²) in [5.41, 5.74) is 5.40. The second-order valence-corrected chi connectivity index (χ2v) is 11.2. The maximum Gasteiger partial charge on any atom is 0.209 e. The Labute approximate surface area is 212 Å². The van der Waals surface area contributed by atoms with Gasteiger partial charge in [-0.3, -0.25) is 10.1 Å². The van der Waals surface area contributed by atoms with Crippen molar-refractivity contribution in [1.29, 1.82) is 0 Å². The summed E-state index contributed by atoms with van der Waals surface area (Å²) in [6.45, 7) is 1.94. The standard InChI is InChI=1S/C25H25FN8O2S/c1-37(35,36)30-12-14-8-16(10-17(26)9-14)18-4-7-28-24-22(18)31-25(32-24)23-19-11-20(15-2-5-27-6-3-15)29-13-21(19)33-34-23/h4,7-11,13,15,27,30H,2-3,5-6,12H2,1H3,(H,33,34)(H,28,31,32). The normalized spacial score (nSPS) is 15.1. The Balaban J connectivity index is 1.40. The summed E-state index contributed by atoms with van der Waals surface area (Å²) in [7, 11) is -3.41. The number of piperidine rings is 1. The molecule has 1 aromatic carbocycles. The van der Waals surface area contributed by atoms with Gasteiger partial charge < -0.3 is 10.3 Å².